The number of imidazole rings is 1. The van der Waals surface area contributed by atoms with Gasteiger partial charge in [0.25, 0.3) is 0 Å². The van der Waals surface area contributed by atoms with Crippen LogP contribution in [0.1, 0.15) is 5.69 Å². The van der Waals surface area contributed by atoms with Gasteiger partial charge in [-0.3, -0.25) is 4.79 Å². The number of nitrogens with zero attached hydrogens (tertiary/aromatic N) is 1. The summed E-state index contributed by atoms with van der Waals surface area (Å²) >= 11 is 0. The van der Waals surface area contributed by atoms with Crippen molar-refractivity contribution in [3.05, 3.63) is 64.7 Å². The second-order valence-electron chi connectivity index (χ2n) is 5.82. The van der Waals surface area contributed by atoms with Gasteiger partial charge in [0.2, 0.25) is 5.91 Å². The number of para-hydroxylation sites is 1. The third-order valence-electron chi connectivity index (χ3n) is 4.12. The highest BCUT2D eigenvalue weighted by Crippen LogP contribution is 2.20. The Hall–Kier alpha value is -3.28. The summed E-state index contributed by atoms with van der Waals surface area (Å²) in [5, 5.41) is 4.00. The first-order valence-electron chi connectivity index (χ1n) is 7.67. The van der Waals surface area contributed by atoms with Crippen molar-refractivity contribution >= 4 is 33.5 Å². The Morgan fingerprint density at radius 3 is 2.75 bits per heavy atom. The zero-order valence-electron chi connectivity index (χ0n) is 13.1. The summed E-state index contributed by atoms with van der Waals surface area (Å²) in [6, 6.07) is 15.3. The molecular formula is C18H16N4O2. The predicted molar refractivity (Wildman–Crippen MR) is 94.2 cm³/mol. The second-order valence-corrected chi connectivity index (χ2v) is 5.82. The number of anilines is 1. The van der Waals surface area contributed by atoms with Crippen LogP contribution in [0.4, 0.5) is 5.69 Å². The van der Waals surface area contributed by atoms with Gasteiger partial charge in [-0.05, 0) is 42.6 Å². The van der Waals surface area contributed by atoms with E-state index in [1.807, 2.05) is 35.8 Å². The molecule has 2 aromatic heterocycles. The fourth-order valence-corrected chi connectivity index (χ4v) is 3.01. The summed E-state index contributed by atoms with van der Waals surface area (Å²) < 4.78 is 1.99. The molecule has 0 aliphatic carbocycles. The molecule has 2 aromatic carbocycles. The number of amides is 1. The molecule has 120 valence electrons. The topological polar surface area (TPSA) is 82.7 Å². The van der Waals surface area contributed by atoms with E-state index >= 15 is 0 Å². The lowest BCUT2D eigenvalue weighted by atomic mass is 10.2. The van der Waals surface area contributed by atoms with E-state index in [1.165, 1.54) is 0 Å². The minimum Gasteiger partial charge on any atom is -0.335 e. The van der Waals surface area contributed by atoms with Gasteiger partial charge in [-0.2, -0.15) is 0 Å². The van der Waals surface area contributed by atoms with Gasteiger partial charge >= 0.3 is 5.69 Å². The molecule has 0 spiro atoms. The van der Waals surface area contributed by atoms with Crippen molar-refractivity contribution in [3.8, 4) is 0 Å². The fourth-order valence-electron chi connectivity index (χ4n) is 3.01. The zero-order valence-corrected chi connectivity index (χ0v) is 13.1. The van der Waals surface area contributed by atoms with Crippen molar-refractivity contribution in [2.45, 2.75) is 13.5 Å². The van der Waals surface area contributed by atoms with Crippen LogP contribution in [0.5, 0.6) is 0 Å². The van der Waals surface area contributed by atoms with Crippen molar-refractivity contribution in [1.29, 1.82) is 0 Å². The van der Waals surface area contributed by atoms with Crippen LogP contribution in [0.2, 0.25) is 0 Å². The van der Waals surface area contributed by atoms with Gasteiger partial charge in [-0.1, -0.05) is 18.2 Å². The van der Waals surface area contributed by atoms with Gasteiger partial charge in [0.1, 0.15) is 6.54 Å². The van der Waals surface area contributed by atoms with Crippen LogP contribution in [-0.2, 0) is 11.3 Å². The Kier molecular flexibility index (Phi) is 3.23. The normalized spacial score (nSPS) is 11.2. The molecule has 0 radical (unpaired) electrons. The van der Waals surface area contributed by atoms with Gasteiger partial charge < -0.3 is 19.9 Å². The van der Waals surface area contributed by atoms with Crippen LogP contribution < -0.4 is 11.0 Å². The summed E-state index contributed by atoms with van der Waals surface area (Å²) in [6.45, 7) is 2.23. The molecule has 6 nitrogen and oxygen atoms in total. The minimum absolute atomic E-state index is 0.114. The molecule has 0 saturated heterocycles. The van der Waals surface area contributed by atoms with Gasteiger partial charge in [0, 0.05) is 16.9 Å². The van der Waals surface area contributed by atoms with E-state index in [4.69, 9.17) is 0 Å². The number of aryl methyl sites for hydroxylation is 1. The number of benzene rings is 2. The standard InChI is InChI=1S/C18H16N4O2/c1-11-8-12-4-2-3-5-16(12)22(11)10-17(23)19-13-6-7-14-15(9-13)21-18(24)20-14/h2-9H,10H2,1H3,(H,19,23)(H2,20,21,24). The molecule has 3 N–H and O–H groups in total. The molecule has 0 aliphatic heterocycles. The molecule has 0 saturated carbocycles. The lowest BCUT2D eigenvalue weighted by Crippen LogP contribution is -2.19. The van der Waals surface area contributed by atoms with Crippen molar-refractivity contribution < 1.29 is 4.79 Å². The van der Waals surface area contributed by atoms with E-state index in [0.29, 0.717) is 16.7 Å². The monoisotopic (exact) mass is 320 g/mol. The summed E-state index contributed by atoms with van der Waals surface area (Å²) in [4.78, 5) is 29.1. The van der Waals surface area contributed by atoms with Gasteiger partial charge in [-0.15, -0.1) is 0 Å². The third kappa shape index (κ3) is 2.48. The molecule has 6 heteroatoms. The molecule has 2 heterocycles. The summed E-state index contributed by atoms with van der Waals surface area (Å²) in [6.07, 6.45) is 0. The largest absolute Gasteiger partial charge is 0.335 e. The third-order valence-corrected chi connectivity index (χ3v) is 4.12. The number of H-pyrrole nitrogens is 2. The first-order valence-corrected chi connectivity index (χ1v) is 7.67. The number of hydrogen-bond acceptors (Lipinski definition) is 2. The van der Waals surface area contributed by atoms with Crippen LogP contribution in [0.3, 0.4) is 0 Å². The molecule has 0 bridgehead atoms. The first kappa shape index (κ1) is 14.3. The number of fused-ring (bicyclic) bond motifs is 2. The summed E-state index contributed by atoms with van der Waals surface area (Å²) in [7, 11) is 0. The Balaban J connectivity index is 1.59. The quantitative estimate of drug-likeness (QED) is 0.542. The fraction of sp³-hybridized carbons (Fsp3) is 0.111. The number of carbonyl (C=O) groups excluding carboxylic acids is 1. The summed E-state index contributed by atoms with van der Waals surface area (Å²) in [5.41, 5.74) is 3.85. The number of aromatic amines is 2. The number of aromatic nitrogens is 3. The Morgan fingerprint density at radius 2 is 1.88 bits per heavy atom. The van der Waals surface area contributed by atoms with Crippen LogP contribution >= 0.6 is 0 Å². The van der Waals surface area contributed by atoms with Crippen molar-refractivity contribution in [1.82, 2.24) is 14.5 Å². The van der Waals surface area contributed by atoms with Crippen LogP contribution in [-0.4, -0.2) is 20.4 Å². The highest BCUT2D eigenvalue weighted by molar-refractivity contribution is 5.94. The van der Waals surface area contributed by atoms with Crippen LogP contribution in [0.25, 0.3) is 21.9 Å². The highest BCUT2D eigenvalue weighted by atomic mass is 16.2. The average molecular weight is 320 g/mol. The van der Waals surface area contributed by atoms with Crippen molar-refractivity contribution in [3.63, 3.8) is 0 Å². The number of nitrogens with one attached hydrogen (secondary N) is 3. The maximum absolute atomic E-state index is 12.4. The molecule has 0 atom stereocenters. The van der Waals surface area contributed by atoms with E-state index in [0.717, 1.165) is 16.6 Å². The number of carbonyl (C=O) groups is 1. The SMILES string of the molecule is Cc1cc2ccccc2n1CC(=O)Nc1ccc2[nH]c(=O)[nH]c2c1. The highest BCUT2D eigenvalue weighted by Gasteiger charge is 2.10. The number of hydrogen-bond donors (Lipinski definition) is 3. The molecule has 1 amide bonds. The lowest BCUT2D eigenvalue weighted by molar-refractivity contribution is -0.116. The van der Waals surface area contributed by atoms with Gasteiger partial charge in [-0.25, -0.2) is 4.79 Å². The Morgan fingerprint density at radius 1 is 1.08 bits per heavy atom. The molecule has 4 aromatic rings. The molecule has 0 unspecified atom stereocenters. The van der Waals surface area contributed by atoms with E-state index in [-0.39, 0.29) is 18.1 Å². The summed E-state index contributed by atoms with van der Waals surface area (Å²) in [5.74, 6) is -0.114. The van der Waals surface area contributed by atoms with Gasteiger partial charge in [0.15, 0.2) is 0 Å². The average Bonchev–Trinajstić information content (AvgIpc) is 3.06. The molecule has 24 heavy (non-hydrogen) atoms. The van der Waals surface area contributed by atoms with Crippen molar-refractivity contribution in [2.24, 2.45) is 0 Å². The Labute approximate surface area is 137 Å². The first-order chi connectivity index (χ1) is 11.6. The van der Waals surface area contributed by atoms with Crippen LogP contribution in [0.15, 0.2) is 53.3 Å². The zero-order chi connectivity index (χ0) is 16.7. The van der Waals surface area contributed by atoms with E-state index in [9.17, 15) is 9.59 Å². The molecule has 4 rings (SSSR count). The van der Waals surface area contributed by atoms with E-state index in [1.54, 1.807) is 18.2 Å². The van der Waals surface area contributed by atoms with Gasteiger partial charge in [0.05, 0.1) is 11.0 Å². The maximum atomic E-state index is 12.4. The molecular weight excluding hydrogens is 304 g/mol. The smallest absolute Gasteiger partial charge is 0.323 e. The Bertz CT molecular complexity index is 1120. The van der Waals surface area contributed by atoms with E-state index in [2.05, 4.69) is 21.4 Å². The van der Waals surface area contributed by atoms with Crippen molar-refractivity contribution in [2.75, 3.05) is 5.32 Å². The second kappa shape index (κ2) is 5.42. The maximum Gasteiger partial charge on any atom is 0.323 e. The number of rotatable bonds is 3. The van der Waals surface area contributed by atoms with Crippen LogP contribution in [0, 0.1) is 6.92 Å². The lowest BCUT2D eigenvalue weighted by Gasteiger charge is -2.09. The molecule has 0 aliphatic rings. The molecule has 0 fully saturated rings. The predicted octanol–water partition coefficient (Wildman–Crippen LogP) is 2.76. The van der Waals surface area contributed by atoms with E-state index < -0.39 is 0 Å². The minimum atomic E-state index is -0.261.